The molecular formula is C33H41F2N9O4S. The number of fused-ring (bicyclic) bond motifs is 1. The number of hydrogen-bond acceptors (Lipinski definition) is 9. The highest BCUT2D eigenvalue weighted by atomic mass is 32.2. The summed E-state index contributed by atoms with van der Waals surface area (Å²) in [5.74, 6) is -0.358. The molecule has 3 aromatic rings. The zero-order chi connectivity index (χ0) is 34.1. The summed E-state index contributed by atoms with van der Waals surface area (Å²) in [6.07, 6.45) is 3.09. The number of carbonyl (C=O) groups excluding carboxylic acids is 2. The molecule has 4 aliphatic rings. The number of aromatic nitrogens is 3. The van der Waals surface area contributed by atoms with E-state index in [9.17, 15) is 27.4 Å². The lowest BCUT2D eigenvalue weighted by molar-refractivity contribution is -0.134. The van der Waals surface area contributed by atoms with Gasteiger partial charge in [-0.05, 0) is 55.9 Å². The number of anilines is 2. The monoisotopic (exact) mass is 697 g/mol. The minimum atomic E-state index is -2.87. The van der Waals surface area contributed by atoms with E-state index in [1.54, 1.807) is 0 Å². The van der Waals surface area contributed by atoms with E-state index in [-0.39, 0.29) is 29.4 Å². The van der Waals surface area contributed by atoms with Gasteiger partial charge >= 0.3 is 0 Å². The van der Waals surface area contributed by atoms with Crippen LogP contribution in [0.1, 0.15) is 62.0 Å². The Morgan fingerprint density at radius 3 is 2.24 bits per heavy atom. The number of aromatic amines is 1. The van der Waals surface area contributed by atoms with Gasteiger partial charge in [0.05, 0.1) is 11.5 Å². The van der Waals surface area contributed by atoms with Gasteiger partial charge in [-0.15, -0.1) is 0 Å². The zero-order valence-electron chi connectivity index (χ0n) is 27.2. The second kappa shape index (κ2) is 14.5. The largest absolute Gasteiger partial charge is 0.371 e. The number of imide groups is 1. The third kappa shape index (κ3) is 7.51. The van der Waals surface area contributed by atoms with Crippen molar-refractivity contribution < 1.29 is 22.6 Å². The lowest BCUT2D eigenvalue weighted by atomic mass is 9.90. The molecule has 0 radical (unpaired) electrons. The SMILES string of the molecule is O=C1CCC(c2ccc(N3CCC(N4CCN(S(=O)N5CCC(Nc6ncc7cc(C(F)F)c(=O)[nH]c7n6)CC5)CC4)CC3)cc2)C(=O)N1. The molecule has 262 valence electrons. The minimum Gasteiger partial charge on any atom is -0.371 e. The van der Waals surface area contributed by atoms with Crippen molar-refractivity contribution in [3.8, 4) is 0 Å². The Kier molecular flexibility index (Phi) is 9.99. The van der Waals surface area contributed by atoms with Gasteiger partial charge in [0, 0.05) is 88.1 Å². The summed E-state index contributed by atoms with van der Waals surface area (Å²) in [6, 6.07) is 9.87. The number of H-pyrrole nitrogens is 1. The molecule has 4 fully saturated rings. The third-order valence-electron chi connectivity index (χ3n) is 10.2. The minimum absolute atomic E-state index is 0.0590. The van der Waals surface area contributed by atoms with Crippen LogP contribution in [0.2, 0.25) is 0 Å². The quantitative estimate of drug-likeness (QED) is 0.302. The third-order valence-corrected chi connectivity index (χ3v) is 11.9. The van der Waals surface area contributed by atoms with Gasteiger partial charge in [-0.2, -0.15) is 4.98 Å². The summed E-state index contributed by atoms with van der Waals surface area (Å²) >= 11 is -1.21. The van der Waals surface area contributed by atoms with E-state index in [1.165, 1.54) is 6.20 Å². The number of amides is 2. The van der Waals surface area contributed by atoms with Crippen LogP contribution in [0.5, 0.6) is 0 Å². The average Bonchev–Trinajstić information content (AvgIpc) is 3.11. The topological polar surface area (TPSA) is 147 Å². The Morgan fingerprint density at radius 2 is 1.57 bits per heavy atom. The van der Waals surface area contributed by atoms with Crippen LogP contribution in [-0.4, -0.2) is 109 Å². The fraction of sp³-hybridized carbons (Fsp3) is 0.545. The van der Waals surface area contributed by atoms with Crippen LogP contribution < -0.4 is 21.1 Å². The normalized spacial score (nSPS) is 23.2. The molecule has 4 aliphatic heterocycles. The predicted molar refractivity (Wildman–Crippen MR) is 181 cm³/mol. The number of alkyl halides is 2. The van der Waals surface area contributed by atoms with Crippen LogP contribution in [0.3, 0.4) is 0 Å². The molecule has 7 rings (SSSR count). The number of piperidine rings is 3. The van der Waals surface area contributed by atoms with Crippen molar-refractivity contribution in [1.82, 2.24) is 33.8 Å². The molecule has 4 saturated heterocycles. The van der Waals surface area contributed by atoms with Crippen molar-refractivity contribution in [3.05, 3.63) is 58.0 Å². The van der Waals surface area contributed by atoms with Crippen LogP contribution in [-0.2, 0) is 20.8 Å². The van der Waals surface area contributed by atoms with E-state index in [1.807, 2.05) is 16.4 Å². The first kappa shape index (κ1) is 33.6. The van der Waals surface area contributed by atoms with Crippen LogP contribution in [0.4, 0.5) is 20.4 Å². The Bertz CT molecular complexity index is 1750. The van der Waals surface area contributed by atoms with Gasteiger partial charge in [0.15, 0.2) is 11.2 Å². The summed E-state index contributed by atoms with van der Waals surface area (Å²) in [5.41, 5.74) is 0.843. The number of rotatable bonds is 8. The molecule has 0 saturated carbocycles. The van der Waals surface area contributed by atoms with E-state index < -0.39 is 28.7 Å². The first-order chi connectivity index (χ1) is 23.7. The number of benzene rings is 1. The Labute approximate surface area is 285 Å². The van der Waals surface area contributed by atoms with Crippen molar-refractivity contribution in [2.45, 2.75) is 63.0 Å². The lowest BCUT2D eigenvalue weighted by Gasteiger charge is -2.44. The first-order valence-corrected chi connectivity index (χ1v) is 18.1. The number of nitrogens with one attached hydrogen (secondary N) is 3. The number of nitrogens with zero attached hydrogens (tertiary/aromatic N) is 6. The molecule has 3 N–H and O–H groups in total. The summed E-state index contributed by atoms with van der Waals surface area (Å²) < 4.78 is 43.7. The van der Waals surface area contributed by atoms with Gasteiger partial charge in [0.25, 0.3) is 12.0 Å². The highest BCUT2D eigenvalue weighted by Gasteiger charge is 2.33. The van der Waals surface area contributed by atoms with Crippen molar-refractivity contribution in [2.24, 2.45) is 0 Å². The Hall–Kier alpha value is -3.86. The highest BCUT2D eigenvalue weighted by Crippen LogP contribution is 2.29. The van der Waals surface area contributed by atoms with Gasteiger partial charge in [-0.3, -0.25) is 24.6 Å². The van der Waals surface area contributed by atoms with Crippen LogP contribution in [0, 0.1) is 0 Å². The van der Waals surface area contributed by atoms with Crippen LogP contribution in [0.25, 0.3) is 11.0 Å². The van der Waals surface area contributed by atoms with Crippen molar-refractivity contribution in [2.75, 3.05) is 62.6 Å². The van der Waals surface area contributed by atoms with Crippen molar-refractivity contribution >= 4 is 45.7 Å². The fourth-order valence-corrected chi connectivity index (χ4v) is 8.71. The smallest absolute Gasteiger partial charge is 0.269 e. The average molecular weight is 698 g/mol. The molecule has 2 atom stereocenters. The molecule has 13 nitrogen and oxygen atoms in total. The molecule has 49 heavy (non-hydrogen) atoms. The molecule has 1 aromatic carbocycles. The maximum Gasteiger partial charge on any atom is 0.269 e. The first-order valence-electron chi connectivity index (χ1n) is 17.0. The molecule has 2 aromatic heterocycles. The Balaban J connectivity index is 0.836. The lowest BCUT2D eigenvalue weighted by Crippen LogP contribution is -2.55. The van der Waals surface area contributed by atoms with E-state index in [0.29, 0.717) is 43.3 Å². The van der Waals surface area contributed by atoms with E-state index in [2.05, 4.69) is 51.8 Å². The molecule has 0 spiro atoms. The van der Waals surface area contributed by atoms with E-state index in [0.717, 1.165) is 82.3 Å². The number of hydrogen-bond donors (Lipinski definition) is 3. The van der Waals surface area contributed by atoms with Gasteiger partial charge in [0.2, 0.25) is 17.8 Å². The fourth-order valence-electron chi connectivity index (χ4n) is 7.39. The molecular weight excluding hydrogens is 656 g/mol. The summed E-state index contributed by atoms with van der Waals surface area (Å²) in [7, 11) is 0. The standard InChI is InChI=1S/C33H41F2N9O4S/c34-29(35)27-19-22-20-36-33(40-30(22)39-32(27)47)37-23-7-13-43(14-8-23)49(48)44-17-15-42(16-18-44)25-9-11-41(12-10-25)24-3-1-21(2-4-24)26-5-6-28(45)38-31(26)46/h1-4,19-20,23,25-26,29H,5-18H2,(H,38,45,46)(H2,36,37,39,40,47). The van der Waals surface area contributed by atoms with Crippen LogP contribution in [0.15, 0.2) is 41.3 Å². The molecule has 2 unspecified atom stereocenters. The zero-order valence-corrected chi connectivity index (χ0v) is 28.0. The van der Waals surface area contributed by atoms with Gasteiger partial charge < -0.3 is 15.2 Å². The summed E-state index contributed by atoms with van der Waals surface area (Å²) in [5, 5.41) is 6.06. The second-order valence-electron chi connectivity index (χ2n) is 13.2. The predicted octanol–water partition coefficient (Wildman–Crippen LogP) is 2.52. The number of pyridine rings is 1. The molecule has 6 heterocycles. The van der Waals surface area contributed by atoms with Crippen molar-refractivity contribution in [1.29, 1.82) is 0 Å². The maximum absolute atomic E-state index is 13.5. The molecule has 2 amide bonds. The van der Waals surface area contributed by atoms with Crippen LogP contribution >= 0.6 is 0 Å². The number of halogens is 2. The maximum atomic E-state index is 13.5. The molecule has 0 bridgehead atoms. The van der Waals surface area contributed by atoms with Gasteiger partial charge in [0.1, 0.15) is 5.65 Å². The van der Waals surface area contributed by atoms with E-state index in [4.69, 9.17) is 0 Å². The van der Waals surface area contributed by atoms with Gasteiger partial charge in [-0.1, -0.05) is 12.1 Å². The molecule has 16 heteroatoms. The van der Waals surface area contributed by atoms with E-state index >= 15 is 0 Å². The molecule has 0 aliphatic carbocycles. The van der Waals surface area contributed by atoms with Gasteiger partial charge in [-0.25, -0.2) is 26.6 Å². The number of carbonyl (C=O) groups is 2. The highest BCUT2D eigenvalue weighted by molar-refractivity contribution is 7.80. The van der Waals surface area contributed by atoms with Crippen molar-refractivity contribution in [3.63, 3.8) is 0 Å². The number of piperazine rings is 1. The second-order valence-corrected chi connectivity index (χ2v) is 14.7. The summed E-state index contributed by atoms with van der Waals surface area (Å²) in [4.78, 5) is 51.6. The summed E-state index contributed by atoms with van der Waals surface area (Å²) in [6.45, 7) is 6.50. The Morgan fingerprint density at radius 1 is 0.878 bits per heavy atom.